The van der Waals surface area contributed by atoms with Crippen molar-refractivity contribution in [2.24, 2.45) is 5.73 Å². The molecule has 3 N–H and O–H groups in total. The molecule has 0 unspecified atom stereocenters. The number of aromatic carboxylic acids is 1. The topological polar surface area (TPSA) is 79.5 Å². The van der Waals surface area contributed by atoms with Crippen molar-refractivity contribution < 1.29 is 9.90 Å². The number of carboxylic acid groups (broad SMARTS) is 1. The molecule has 1 aliphatic rings. The van der Waals surface area contributed by atoms with Crippen molar-refractivity contribution in [3.63, 3.8) is 0 Å². The highest BCUT2D eigenvalue weighted by Crippen LogP contribution is 2.33. The standard InChI is InChI=1S/C14H12ClNO2.C8H20N2/c15-13-9-3-1-2-4-11(9)16-12-7-8(14(17)18)5-6-10(12)13;1-3-6-10(7-4-2)8-5-9/h5-7H,1-4H2,(H,17,18);3-9H2,1-2H3. The average molecular weight is 406 g/mol. The number of aromatic nitrogens is 1. The van der Waals surface area contributed by atoms with Crippen molar-refractivity contribution in [2.45, 2.75) is 52.4 Å². The van der Waals surface area contributed by atoms with Crippen molar-refractivity contribution in [3.8, 4) is 0 Å². The van der Waals surface area contributed by atoms with Gasteiger partial charge < -0.3 is 15.7 Å². The fraction of sp³-hybridized carbons (Fsp3) is 0.545. The summed E-state index contributed by atoms with van der Waals surface area (Å²) < 4.78 is 0. The highest BCUT2D eigenvalue weighted by Gasteiger charge is 2.17. The number of nitrogens with two attached hydrogens (primary N) is 1. The highest BCUT2D eigenvalue weighted by molar-refractivity contribution is 6.36. The van der Waals surface area contributed by atoms with E-state index in [2.05, 4.69) is 23.7 Å². The Morgan fingerprint density at radius 1 is 1.18 bits per heavy atom. The highest BCUT2D eigenvalue weighted by atomic mass is 35.5. The van der Waals surface area contributed by atoms with Gasteiger partial charge in [0.1, 0.15) is 0 Å². The number of fused-ring (bicyclic) bond motifs is 2. The third-order valence-corrected chi connectivity index (χ3v) is 5.40. The van der Waals surface area contributed by atoms with Crippen molar-refractivity contribution in [2.75, 3.05) is 26.2 Å². The molecule has 154 valence electrons. The van der Waals surface area contributed by atoms with Crippen LogP contribution in [0.5, 0.6) is 0 Å². The van der Waals surface area contributed by atoms with Crippen LogP contribution in [0.15, 0.2) is 18.2 Å². The summed E-state index contributed by atoms with van der Waals surface area (Å²) in [7, 11) is 0. The number of nitrogens with zero attached hydrogens (tertiary/aromatic N) is 2. The van der Waals surface area contributed by atoms with Crippen LogP contribution >= 0.6 is 11.6 Å². The van der Waals surface area contributed by atoms with Gasteiger partial charge in [-0.1, -0.05) is 31.5 Å². The molecule has 0 bridgehead atoms. The van der Waals surface area contributed by atoms with Crippen LogP contribution < -0.4 is 5.73 Å². The summed E-state index contributed by atoms with van der Waals surface area (Å²) in [5.41, 5.74) is 8.55. The van der Waals surface area contributed by atoms with Crippen LogP contribution in [0.1, 0.15) is 61.1 Å². The SMILES string of the molecule is CCCN(CCC)CCN.O=C(O)c1ccc2c(Cl)c3c(nc2c1)CCCC3. The second-order valence-corrected chi connectivity index (χ2v) is 7.60. The lowest BCUT2D eigenvalue weighted by Gasteiger charge is -2.19. The summed E-state index contributed by atoms with van der Waals surface area (Å²) in [5, 5.41) is 10.6. The largest absolute Gasteiger partial charge is 0.478 e. The zero-order valence-electron chi connectivity index (χ0n) is 17.0. The van der Waals surface area contributed by atoms with Gasteiger partial charge in [-0.05, 0) is 69.3 Å². The van der Waals surface area contributed by atoms with E-state index >= 15 is 0 Å². The number of carboxylic acids is 1. The van der Waals surface area contributed by atoms with E-state index < -0.39 is 5.97 Å². The second-order valence-electron chi connectivity index (χ2n) is 7.23. The molecule has 0 spiro atoms. The second kappa shape index (κ2) is 11.3. The van der Waals surface area contributed by atoms with Crippen molar-refractivity contribution in [1.29, 1.82) is 0 Å². The number of hydrogen-bond acceptors (Lipinski definition) is 4. The Bertz CT molecular complexity index is 781. The Balaban J connectivity index is 0.000000242. The third-order valence-electron chi connectivity index (χ3n) is 4.97. The molecular formula is C22H32ClN3O2. The summed E-state index contributed by atoms with van der Waals surface area (Å²) in [4.78, 5) is 17.9. The molecule has 1 heterocycles. The molecule has 0 fully saturated rings. The number of aryl methyl sites for hydroxylation is 1. The first kappa shape index (κ1) is 22.6. The fourth-order valence-corrected chi connectivity index (χ4v) is 4.01. The lowest BCUT2D eigenvalue weighted by atomic mass is 9.94. The van der Waals surface area contributed by atoms with Crippen molar-refractivity contribution in [1.82, 2.24) is 9.88 Å². The van der Waals surface area contributed by atoms with Crippen LogP contribution in [-0.4, -0.2) is 47.1 Å². The summed E-state index contributed by atoms with van der Waals surface area (Å²) >= 11 is 6.40. The normalized spacial score (nSPS) is 13.2. The Morgan fingerprint density at radius 3 is 2.46 bits per heavy atom. The molecule has 1 aromatic carbocycles. The van der Waals surface area contributed by atoms with Crippen LogP contribution in [0.3, 0.4) is 0 Å². The van der Waals surface area contributed by atoms with Gasteiger partial charge in [-0.3, -0.25) is 4.98 Å². The number of rotatable bonds is 7. The van der Waals surface area contributed by atoms with E-state index in [4.69, 9.17) is 22.4 Å². The summed E-state index contributed by atoms with van der Waals surface area (Å²) in [6.07, 6.45) is 6.65. The van der Waals surface area contributed by atoms with Crippen LogP contribution in [-0.2, 0) is 12.8 Å². The van der Waals surface area contributed by atoms with Crippen LogP contribution in [0.2, 0.25) is 5.02 Å². The van der Waals surface area contributed by atoms with E-state index in [1.54, 1.807) is 18.2 Å². The molecule has 6 heteroatoms. The minimum absolute atomic E-state index is 0.252. The lowest BCUT2D eigenvalue weighted by Crippen LogP contribution is -2.30. The van der Waals surface area contributed by atoms with Gasteiger partial charge in [0.15, 0.2) is 0 Å². The molecule has 0 aliphatic heterocycles. The van der Waals surface area contributed by atoms with E-state index in [0.29, 0.717) is 5.52 Å². The molecule has 5 nitrogen and oxygen atoms in total. The van der Waals surface area contributed by atoms with E-state index in [9.17, 15) is 4.79 Å². The van der Waals surface area contributed by atoms with Crippen LogP contribution in [0, 0.1) is 0 Å². The van der Waals surface area contributed by atoms with E-state index in [1.165, 1.54) is 25.9 Å². The van der Waals surface area contributed by atoms with Gasteiger partial charge in [0.25, 0.3) is 0 Å². The molecule has 0 saturated heterocycles. The fourth-order valence-electron chi connectivity index (χ4n) is 3.65. The molecule has 0 saturated carbocycles. The lowest BCUT2D eigenvalue weighted by molar-refractivity contribution is 0.0697. The van der Waals surface area contributed by atoms with Gasteiger partial charge in [0.2, 0.25) is 0 Å². The van der Waals surface area contributed by atoms with Crippen molar-refractivity contribution >= 4 is 28.5 Å². The molecule has 1 aromatic heterocycles. The first-order chi connectivity index (χ1) is 13.5. The average Bonchev–Trinajstić information content (AvgIpc) is 2.69. The number of pyridine rings is 1. The number of benzene rings is 1. The molecular weight excluding hydrogens is 374 g/mol. The number of halogens is 1. The van der Waals surface area contributed by atoms with Gasteiger partial charge in [0, 0.05) is 24.2 Å². The quantitative estimate of drug-likeness (QED) is 0.707. The van der Waals surface area contributed by atoms with Gasteiger partial charge in [-0.25, -0.2) is 4.79 Å². The maximum atomic E-state index is 11.0. The number of hydrogen-bond donors (Lipinski definition) is 2. The van der Waals surface area contributed by atoms with Crippen molar-refractivity contribution in [3.05, 3.63) is 40.0 Å². The van der Waals surface area contributed by atoms with E-state index in [0.717, 1.165) is 60.4 Å². The smallest absolute Gasteiger partial charge is 0.335 e. The van der Waals surface area contributed by atoms with E-state index in [-0.39, 0.29) is 5.56 Å². The Labute approximate surface area is 172 Å². The summed E-state index contributed by atoms with van der Waals surface area (Å²) in [6, 6.07) is 4.93. The third kappa shape index (κ3) is 5.90. The van der Waals surface area contributed by atoms with E-state index in [1.807, 2.05) is 0 Å². The monoisotopic (exact) mass is 405 g/mol. The predicted molar refractivity (Wildman–Crippen MR) is 116 cm³/mol. The minimum atomic E-state index is -0.937. The first-order valence-corrected chi connectivity index (χ1v) is 10.7. The van der Waals surface area contributed by atoms with Gasteiger partial charge in [0.05, 0.1) is 16.1 Å². The van der Waals surface area contributed by atoms with Gasteiger partial charge in [-0.15, -0.1) is 0 Å². The molecule has 0 amide bonds. The Kier molecular flexibility index (Phi) is 9.16. The molecule has 0 atom stereocenters. The first-order valence-electron chi connectivity index (χ1n) is 10.3. The molecule has 1 aliphatic carbocycles. The van der Waals surface area contributed by atoms with Crippen LogP contribution in [0.25, 0.3) is 10.9 Å². The molecule has 28 heavy (non-hydrogen) atoms. The zero-order chi connectivity index (χ0) is 20.5. The predicted octanol–water partition coefficient (Wildman–Crippen LogP) is 4.53. The molecule has 3 rings (SSSR count). The maximum Gasteiger partial charge on any atom is 0.335 e. The van der Waals surface area contributed by atoms with Gasteiger partial charge >= 0.3 is 5.97 Å². The molecule has 2 aromatic rings. The zero-order valence-corrected chi connectivity index (χ0v) is 17.8. The van der Waals surface area contributed by atoms with Gasteiger partial charge in [-0.2, -0.15) is 0 Å². The molecule has 0 radical (unpaired) electrons. The summed E-state index contributed by atoms with van der Waals surface area (Å²) in [6.45, 7) is 8.66. The Morgan fingerprint density at radius 2 is 1.86 bits per heavy atom. The number of carbonyl (C=O) groups is 1. The summed E-state index contributed by atoms with van der Waals surface area (Å²) in [5.74, 6) is -0.937. The minimum Gasteiger partial charge on any atom is -0.478 e. The Hall–Kier alpha value is -1.69. The maximum absolute atomic E-state index is 11.0. The van der Waals surface area contributed by atoms with Crippen LogP contribution in [0.4, 0.5) is 0 Å².